The maximum Gasteiger partial charge on any atom is 0.302 e. The number of aliphatic hydroxyl groups is 2. The summed E-state index contributed by atoms with van der Waals surface area (Å²) in [5, 5.41) is 23.2. The Morgan fingerprint density at radius 2 is 2.00 bits per heavy atom. The van der Waals surface area contributed by atoms with Gasteiger partial charge in [0, 0.05) is 18.3 Å². The first-order valence-electron chi connectivity index (χ1n) is 10.5. The molecule has 8 atom stereocenters. The molecule has 0 aromatic rings. The standard InChI is InChI=1S/C22H30O6/c1-11-13-5-6-14-20-10-27-22(26,21(14,9-13)17(11)24)18(25)16(20)19(3,4)8-7-15(20)28-12(2)23/h13-16,18,25-26H,1,5-10H2,2-4H3/t13-,14+,15+,16-,18+,20-,21+,22?/m1/s1. The summed E-state index contributed by atoms with van der Waals surface area (Å²) in [7, 11) is 0. The highest BCUT2D eigenvalue weighted by atomic mass is 16.6. The average Bonchev–Trinajstić information content (AvgIpc) is 2.81. The van der Waals surface area contributed by atoms with Crippen LogP contribution < -0.4 is 0 Å². The summed E-state index contributed by atoms with van der Waals surface area (Å²) >= 11 is 0. The normalized spacial score (nSPS) is 53.5. The van der Waals surface area contributed by atoms with Crippen LogP contribution in [0.3, 0.4) is 0 Å². The Balaban J connectivity index is 1.76. The van der Waals surface area contributed by atoms with Crippen molar-refractivity contribution < 1.29 is 29.3 Å². The van der Waals surface area contributed by atoms with Crippen molar-refractivity contribution in [1.82, 2.24) is 0 Å². The van der Waals surface area contributed by atoms with Gasteiger partial charge in [-0.15, -0.1) is 0 Å². The van der Waals surface area contributed by atoms with Gasteiger partial charge in [0.25, 0.3) is 0 Å². The molecule has 6 aliphatic rings. The second kappa shape index (κ2) is 5.27. The molecular formula is C22H30O6. The molecule has 2 N–H and O–H groups in total. The van der Waals surface area contributed by atoms with E-state index in [-0.39, 0.29) is 41.5 Å². The summed E-state index contributed by atoms with van der Waals surface area (Å²) < 4.78 is 11.8. The average molecular weight is 390 g/mol. The lowest BCUT2D eigenvalue weighted by Gasteiger charge is -2.74. The number of aliphatic hydroxyl groups excluding tert-OH is 1. The van der Waals surface area contributed by atoms with E-state index in [1.807, 2.05) is 0 Å². The Bertz CT molecular complexity index is 788. The Hall–Kier alpha value is -1.24. The zero-order valence-electron chi connectivity index (χ0n) is 16.9. The van der Waals surface area contributed by atoms with Gasteiger partial charge in [-0.1, -0.05) is 20.4 Å². The third-order valence-corrected chi connectivity index (χ3v) is 9.08. The highest BCUT2D eigenvalue weighted by molar-refractivity contribution is 6.04. The van der Waals surface area contributed by atoms with Crippen LogP contribution in [-0.4, -0.2) is 46.6 Å². The Kier molecular flexibility index (Phi) is 3.53. The van der Waals surface area contributed by atoms with Crippen LogP contribution in [0.1, 0.15) is 52.9 Å². The molecule has 28 heavy (non-hydrogen) atoms. The molecule has 0 aromatic heterocycles. The van der Waals surface area contributed by atoms with Gasteiger partial charge in [0.1, 0.15) is 12.2 Å². The van der Waals surface area contributed by atoms with Gasteiger partial charge in [0.2, 0.25) is 5.79 Å². The van der Waals surface area contributed by atoms with Crippen LogP contribution in [0.5, 0.6) is 0 Å². The van der Waals surface area contributed by atoms with Crippen molar-refractivity contribution in [3.8, 4) is 0 Å². The third kappa shape index (κ3) is 1.77. The molecule has 6 nitrogen and oxygen atoms in total. The van der Waals surface area contributed by atoms with Crippen molar-refractivity contribution >= 4 is 11.8 Å². The van der Waals surface area contributed by atoms with Crippen LogP contribution in [0.15, 0.2) is 12.2 Å². The van der Waals surface area contributed by atoms with Gasteiger partial charge in [-0.2, -0.15) is 0 Å². The second-order valence-electron chi connectivity index (χ2n) is 10.5. The van der Waals surface area contributed by atoms with Crippen LogP contribution in [0.4, 0.5) is 0 Å². The van der Waals surface area contributed by atoms with E-state index < -0.39 is 28.8 Å². The Morgan fingerprint density at radius 1 is 1.29 bits per heavy atom. The summed E-state index contributed by atoms with van der Waals surface area (Å²) in [5.74, 6) is -2.91. The molecule has 2 aliphatic heterocycles. The number of esters is 1. The molecule has 4 saturated carbocycles. The van der Waals surface area contributed by atoms with Crippen molar-refractivity contribution in [3.05, 3.63) is 12.2 Å². The summed E-state index contributed by atoms with van der Waals surface area (Å²) in [6.07, 6.45) is 1.85. The van der Waals surface area contributed by atoms with E-state index in [9.17, 15) is 19.8 Å². The fourth-order valence-electron chi connectivity index (χ4n) is 8.16. The number of ether oxygens (including phenoxy) is 2. The van der Waals surface area contributed by atoms with E-state index in [4.69, 9.17) is 9.47 Å². The van der Waals surface area contributed by atoms with Crippen molar-refractivity contribution in [3.63, 3.8) is 0 Å². The van der Waals surface area contributed by atoms with Gasteiger partial charge in [-0.25, -0.2) is 0 Å². The second-order valence-corrected chi connectivity index (χ2v) is 10.5. The monoisotopic (exact) mass is 390 g/mol. The zero-order chi connectivity index (χ0) is 20.3. The molecule has 154 valence electrons. The number of hydrogen-bond acceptors (Lipinski definition) is 6. The Morgan fingerprint density at radius 3 is 2.68 bits per heavy atom. The molecule has 2 saturated heterocycles. The molecular weight excluding hydrogens is 360 g/mol. The van der Waals surface area contributed by atoms with E-state index >= 15 is 0 Å². The lowest BCUT2D eigenvalue weighted by Crippen LogP contribution is -2.83. The number of Topliss-reactive ketones (excluding diaryl/α,β-unsaturated/α-hetero) is 1. The number of carbonyl (C=O) groups excluding carboxylic acids is 2. The maximum atomic E-state index is 13.5. The molecule has 6 rings (SSSR count). The quantitative estimate of drug-likeness (QED) is 0.525. The first kappa shape index (κ1) is 18.8. The first-order chi connectivity index (χ1) is 13.0. The molecule has 2 spiro atoms. The van der Waals surface area contributed by atoms with Crippen LogP contribution in [0, 0.1) is 34.0 Å². The Labute approximate surface area is 165 Å². The van der Waals surface area contributed by atoms with Gasteiger partial charge in [-0.3, -0.25) is 9.59 Å². The molecule has 4 bridgehead atoms. The summed E-state index contributed by atoms with van der Waals surface area (Å²) in [4.78, 5) is 25.4. The van der Waals surface area contributed by atoms with E-state index in [0.29, 0.717) is 18.4 Å². The highest BCUT2D eigenvalue weighted by Crippen LogP contribution is 2.76. The number of allylic oxidation sites excluding steroid dienone is 1. The van der Waals surface area contributed by atoms with Crippen molar-refractivity contribution in [2.75, 3.05) is 6.61 Å². The largest absolute Gasteiger partial charge is 0.462 e. The predicted molar refractivity (Wildman–Crippen MR) is 98.8 cm³/mol. The highest BCUT2D eigenvalue weighted by Gasteiger charge is 2.84. The summed E-state index contributed by atoms with van der Waals surface area (Å²) in [5.41, 5.74) is -1.59. The minimum absolute atomic E-state index is 0.0292. The van der Waals surface area contributed by atoms with Gasteiger partial charge in [0.15, 0.2) is 5.78 Å². The van der Waals surface area contributed by atoms with Crippen LogP contribution in [0.2, 0.25) is 0 Å². The van der Waals surface area contributed by atoms with E-state index in [1.165, 1.54) is 6.92 Å². The van der Waals surface area contributed by atoms with Gasteiger partial charge >= 0.3 is 5.97 Å². The van der Waals surface area contributed by atoms with Gasteiger partial charge in [-0.05, 0) is 54.9 Å². The fraction of sp³-hybridized carbons (Fsp3) is 0.818. The van der Waals surface area contributed by atoms with Crippen LogP contribution in [-0.2, 0) is 19.1 Å². The van der Waals surface area contributed by atoms with E-state index in [1.54, 1.807) is 0 Å². The molecule has 4 aliphatic carbocycles. The summed E-state index contributed by atoms with van der Waals surface area (Å²) in [6, 6.07) is 0. The lowest BCUT2D eigenvalue weighted by molar-refractivity contribution is -0.448. The van der Waals surface area contributed by atoms with E-state index in [2.05, 4.69) is 20.4 Å². The third-order valence-electron chi connectivity index (χ3n) is 9.08. The van der Waals surface area contributed by atoms with Crippen molar-refractivity contribution in [2.24, 2.45) is 34.0 Å². The topological polar surface area (TPSA) is 93.1 Å². The van der Waals surface area contributed by atoms with Crippen molar-refractivity contribution in [2.45, 2.75) is 70.9 Å². The number of fused-ring (bicyclic) bond motifs is 2. The summed E-state index contributed by atoms with van der Waals surface area (Å²) in [6.45, 7) is 9.82. The minimum atomic E-state index is -1.91. The van der Waals surface area contributed by atoms with E-state index in [0.717, 1.165) is 19.3 Å². The molecule has 6 fully saturated rings. The number of ketones is 1. The minimum Gasteiger partial charge on any atom is -0.462 e. The maximum absolute atomic E-state index is 13.5. The van der Waals surface area contributed by atoms with Crippen molar-refractivity contribution in [1.29, 1.82) is 0 Å². The molecule has 0 radical (unpaired) electrons. The number of hydrogen-bond donors (Lipinski definition) is 2. The van der Waals surface area contributed by atoms with Gasteiger partial charge < -0.3 is 19.7 Å². The fourth-order valence-corrected chi connectivity index (χ4v) is 8.16. The molecule has 2 heterocycles. The molecule has 1 unspecified atom stereocenters. The molecule has 0 aromatic carbocycles. The van der Waals surface area contributed by atoms with Gasteiger partial charge in [0.05, 0.1) is 12.0 Å². The molecule has 0 amide bonds. The smallest absolute Gasteiger partial charge is 0.302 e. The zero-order valence-corrected chi connectivity index (χ0v) is 16.9. The first-order valence-corrected chi connectivity index (χ1v) is 10.5. The van der Waals surface area contributed by atoms with Crippen LogP contribution in [0.25, 0.3) is 0 Å². The predicted octanol–water partition coefficient (Wildman–Crippen LogP) is 1.98. The SMILES string of the molecule is C=C1C(=O)[C@]23C[C@H]1CC[C@H]2[C@@]12COC3(O)[C@@H](O)[C@@H]1C(C)(C)CC[C@@H]2OC(C)=O. The lowest BCUT2D eigenvalue weighted by atomic mass is 9.36. The van der Waals surface area contributed by atoms with Crippen LogP contribution >= 0.6 is 0 Å². The number of carbonyl (C=O) groups is 2. The number of rotatable bonds is 1. The molecule has 6 heteroatoms.